The smallest absolute Gasteiger partial charge is 0.164 e. The minimum absolute atomic E-state index is 0.137. The number of furan rings is 1. The van der Waals surface area contributed by atoms with Crippen molar-refractivity contribution in [2.24, 2.45) is 0 Å². The summed E-state index contributed by atoms with van der Waals surface area (Å²) in [5.74, 6) is 1.38. The number of hydrogen-bond acceptors (Lipinski definition) is 4. The molecule has 0 aliphatic rings. The molecule has 0 amide bonds. The van der Waals surface area contributed by atoms with Crippen LogP contribution >= 0.6 is 0 Å². The first kappa shape index (κ1) is 27.2. The van der Waals surface area contributed by atoms with Crippen LogP contribution in [0, 0.1) is 0 Å². The van der Waals surface area contributed by atoms with Crippen LogP contribution < -0.4 is 0 Å². The van der Waals surface area contributed by atoms with Gasteiger partial charge in [-0.05, 0) is 51.1 Å². The van der Waals surface area contributed by atoms with Crippen LogP contribution in [0.5, 0.6) is 0 Å². The summed E-state index contributed by atoms with van der Waals surface area (Å²) in [4.78, 5) is 14.7. The van der Waals surface area contributed by atoms with Gasteiger partial charge >= 0.3 is 0 Å². The van der Waals surface area contributed by atoms with Crippen LogP contribution in [0.3, 0.4) is 0 Å². The maximum atomic E-state index is 8.44. The van der Waals surface area contributed by atoms with Gasteiger partial charge in [-0.3, -0.25) is 0 Å². The fraction of sp³-hybridized carbons (Fsp3) is 0. The molecule has 10 aromatic rings. The monoisotopic (exact) mass is 708 g/mol. The zero-order chi connectivity index (χ0) is 40.9. The highest BCUT2D eigenvalue weighted by atomic mass is 16.3. The zero-order valence-electron chi connectivity index (χ0n) is 34.4. The normalized spacial score (nSPS) is 12.5. The van der Waals surface area contributed by atoms with Crippen LogP contribution in [0.25, 0.3) is 101 Å². The SMILES string of the molecule is [2H]c1c([2H])c([2H])c(-c2ccc(-c3nc(-c4ccccc4)nc(-c4ccc5c(c4)oc4c(-c6ccc(-c7ccc(-c8ccccc8)cc7)cc6)cccc45)n3)cc2)c([2H])c1[2H]. The molecule has 0 N–H and O–H groups in total. The number of hydrogen-bond donors (Lipinski definition) is 0. The molecule has 55 heavy (non-hydrogen) atoms. The van der Waals surface area contributed by atoms with Crippen LogP contribution in [0.4, 0.5) is 0 Å². The highest BCUT2D eigenvalue weighted by molar-refractivity contribution is 6.10. The van der Waals surface area contributed by atoms with E-state index in [2.05, 4.69) is 91.0 Å². The molecule has 0 radical (unpaired) electrons. The molecule has 0 saturated carbocycles. The molecule has 10 rings (SSSR count). The maximum Gasteiger partial charge on any atom is 0.164 e. The first-order chi connectivity index (χ1) is 29.3. The molecule has 2 heterocycles. The topological polar surface area (TPSA) is 51.8 Å². The molecule has 0 aliphatic carbocycles. The minimum atomic E-state index is -0.426. The third kappa shape index (κ3) is 6.26. The molecule has 0 atom stereocenters. The summed E-state index contributed by atoms with van der Waals surface area (Å²) in [6, 6.07) is 54.9. The number of para-hydroxylation sites is 1. The van der Waals surface area contributed by atoms with Crippen LogP contribution in [-0.2, 0) is 0 Å². The van der Waals surface area contributed by atoms with Gasteiger partial charge < -0.3 is 4.42 Å². The molecule has 0 saturated heterocycles. The first-order valence-electron chi connectivity index (χ1n) is 20.5. The Kier molecular flexibility index (Phi) is 6.85. The Bertz CT molecular complexity index is 3200. The van der Waals surface area contributed by atoms with Crippen LogP contribution in [0.15, 0.2) is 204 Å². The van der Waals surface area contributed by atoms with E-state index in [-0.39, 0.29) is 29.7 Å². The van der Waals surface area contributed by atoms with Gasteiger partial charge in [0.25, 0.3) is 0 Å². The van der Waals surface area contributed by atoms with Crippen LogP contribution in [-0.4, -0.2) is 15.0 Å². The zero-order valence-corrected chi connectivity index (χ0v) is 29.4. The van der Waals surface area contributed by atoms with Crippen molar-refractivity contribution in [3.63, 3.8) is 0 Å². The van der Waals surface area contributed by atoms with Gasteiger partial charge in [-0.15, -0.1) is 0 Å². The van der Waals surface area contributed by atoms with E-state index in [1.807, 2.05) is 54.6 Å². The molecular weight excluding hydrogens is 671 g/mol. The standard InChI is InChI=1S/C51H33N3O/c1-4-11-34(12-5-1)36-19-21-38(22-20-36)39-23-27-40(28-24-39)44-17-10-18-46-45-32-31-43(33-47(45)55-48(44)46)51-53-49(41-15-8-3-9-16-41)52-50(54-51)42-29-25-37(26-30-42)35-13-6-2-7-14-35/h1-33H/i2D,6D,7D,13D,14D. The Morgan fingerprint density at radius 1 is 0.345 bits per heavy atom. The summed E-state index contributed by atoms with van der Waals surface area (Å²) in [5, 5.41) is 1.99. The molecule has 0 bridgehead atoms. The number of nitrogens with zero attached hydrogens (tertiary/aromatic N) is 3. The Labute approximate surface area is 326 Å². The minimum Gasteiger partial charge on any atom is -0.455 e. The molecule has 0 unspecified atom stereocenters. The predicted molar refractivity (Wildman–Crippen MR) is 225 cm³/mol. The summed E-state index contributed by atoms with van der Waals surface area (Å²) in [7, 11) is 0. The maximum absolute atomic E-state index is 8.44. The van der Waals surface area contributed by atoms with E-state index in [0.29, 0.717) is 34.2 Å². The molecule has 0 fully saturated rings. The van der Waals surface area contributed by atoms with Crippen molar-refractivity contribution >= 4 is 21.9 Å². The fourth-order valence-corrected chi connectivity index (χ4v) is 7.02. The average molecular weight is 709 g/mol. The lowest BCUT2D eigenvalue weighted by Crippen LogP contribution is -2.00. The third-order valence-electron chi connectivity index (χ3n) is 9.88. The van der Waals surface area contributed by atoms with Crippen molar-refractivity contribution in [3.8, 4) is 78.7 Å². The van der Waals surface area contributed by atoms with E-state index in [1.54, 1.807) is 24.3 Å². The lowest BCUT2D eigenvalue weighted by molar-refractivity contribution is 0.670. The molecular formula is C51H33N3O. The molecule has 0 spiro atoms. The van der Waals surface area contributed by atoms with E-state index >= 15 is 0 Å². The molecule has 2 aromatic heterocycles. The number of benzene rings is 8. The van der Waals surface area contributed by atoms with Crippen molar-refractivity contribution in [2.45, 2.75) is 0 Å². The van der Waals surface area contributed by atoms with Gasteiger partial charge in [0.05, 0.1) is 6.85 Å². The quantitative estimate of drug-likeness (QED) is 0.165. The summed E-state index contributed by atoms with van der Waals surface area (Å²) >= 11 is 0. The molecule has 0 aliphatic heterocycles. The fourth-order valence-electron chi connectivity index (χ4n) is 7.02. The Morgan fingerprint density at radius 3 is 1.40 bits per heavy atom. The largest absolute Gasteiger partial charge is 0.455 e. The van der Waals surface area contributed by atoms with Gasteiger partial charge in [0.15, 0.2) is 17.5 Å². The van der Waals surface area contributed by atoms with Crippen LogP contribution in [0.2, 0.25) is 0 Å². The molecule has 8 aromatic carbocycles. The van der Waals surface area contributed by atoms with E-state index in [0.717, 1.165) is 49.7 Å². The summed E-state index contributed by atoms with van der Waals surface area (Å²) in [6.07, 6.45) is 0. The average Bonchev–Trinajstić information content (AvgIpc) is 3.69. The van der Waals surface area contributed by atoms with Crippen molar-refractivity contribution in [3.05, 3.63) is 200 Å². The highest BCUT2D eigenvalue weighted by Gasteiger charge is 2.17. The van der Waals surface area contributed by atoms with Gasteiger partial charge in [0, 0.05) is 33.0 Å². The molecule has 4 heteroatoms. The molecule has 258 valence electrons. The van der Waals surface area contributed by atoms with Gasteiger partial charge in [-0.2, -0.15) is 0 Å². The van der Waals surface area contributed by atoms with Crippen molar-refractivity contribution in [2.75, 3.05) is 0 Å². The Morgan fingerprint density at radius 2 is 0.800 bits per heavy atom. The van der Waals surface area contributed by atoms with Gasteiger partial charge in [-0.25, -0.2) is 15.0 Å². The first-order valence-corrected chi connectivity index (χ1v) is 18.0. The van der Waals surface area contributed by atoms with E-state index in [4.69, 9.17) is 26.2 Å². The van der Waals surface area contributed by atoms with Gasteiger partial charge in [0.2, 0.25) is 0 Å². The predicted octanol–water partition coefficient (Wildman–Crippen LogP) is 13.4. The second-order valence-electron chi connectivity index (χ2n) is 13.3. The van der Waals surface area contributed by atoms with Crippen molar-refractivity contribution < 1.29 is 11.3 Å². The Hall–Kier alpha value is -7.43. The number of rotatable bonds is 7. The lowest BCUT2D eigenvalue weighted by atomic mass is 9.97. The second kappa shape index (κ2) is 13.8. The van der Waals surface area contributed by atoms with Crippen molar-refractivity contribution in [1.82, 2.24) is 15.0 Å². The van der Waals surface area contributed by atoms with Crippen LogP contribution in [0.1, 0.15) is 6.85 Å². The summed E-state index contributed by atoms with van der Waals surface area (Å²) < 4.78 is 47.8. The lowest BCUT2D eigenvalue weighted by Gasteiger charge is -2.09. The van der Waals surface area contributed by atoms with E-state index in [1.165, 1.54) is 11.1 Å². The summed E-state index contributed by atoms with van der Waals surface area (Å²) in [5.41, 5.74) is 11.1. The number of aromatic nitrogens is 3. The summed E-state index contributed by atoms with van der Waals surface area (Å²) in [6.45, 7) is 0. The highest BCUT2D eigenvalue weighted by Crippen LogP contribution is 2.38. The molecule has 4 nitrogen and oxygen atoms in total. The van der Waals surface area contributed by atoms with Gasteiger partial charge in [-0.1, -0.05) is 188 Å². The van der Waals surface area contributed by atoms with E-state index in [9.17, 15) is 0 Å². The van der Waals surface area contributed by atoms with Crippen molar-refractivity contribution in [1.29, 1.82) is 0 Å². The van der Waals surface area contributed by atoms with E-state index < -0.39 is 6.04 Å². The Balaban J connectivity index is 1.000. The third-order valence-corrected chi connectivity index (χ3v) is 9.88. The van der Waals surface area contributed by atoms with Gasteiger partial charge in [0.1, 0.15) is 11.2 Å². The second-order valence-corrected chi connectivity index (χ2v) is 13.3. The number of fused-ring (bicyclic) bond motifs is 3.